The summed E-state index contributed by atoms with van der Waals surface area (Å²) in [7, 11) is 0. The van der Waals surface area contributed by atoms with E-state index in [9.17, 15) is 4.79 Å². The highest BCUT2D eigenvalue weighted by Gasteiger charge is 2.33. The molecule has 1 aromatic carbocycles. The van der Waals surface area contributed by atoms with E-state index in [-0.39, 0.29) is 5.91 Å². The van der Waals surface area contributed by atoms with E-state index in [0.717, 1.165) is 17.9 Å². The van der Waals surface area contributed by atoms with Gasteiger partial charge in [0.05, 0.1) is 17.7 Å². The van der Waals surface area contributed by atoms with Gasteiger partial charge < -0.3 is 14.6 Å². The molecule has 0 radical (unpaired) electrons. The maximum Gasteiger partial charge on any atom is 0.260 e. The molecule has 3 heterocycles. The number of benzene rings is 1. The molecule has 6 nitrogen and oxygen atoms in total. The van der Waals surface area contributed by atoms with E-state index in [1.807, 2.05) is 17.9 Å². The molecule has 0 atom stereocenters. The Hall–Kier alpha value is -2.60. The number of rotatable bonds is 2. The fraction of sp³-hybridized carbons (Fsp3) is 0.235. The molecule has 122 valence electrons. The van der Waals surface area contributed by atoms with Crippen LogP contribution in [0, 0.1) is 13.8 Å². The Bertz CT molecular complexity index is 914. The molecule has 1 aromatic heterocycles. The van der Waals surface area contributed by atoms with Crippen LogP contribution < -0.4 is 5.32 Å². The maximum atomic E-state index is 12.9. The van der Waals surface area contributed by atoms with Crippen molar-refractivity contribution in [3.63, 3.8) is 0 Å². The van der Waals surface area contributed by atoms with Gasteiger partial charge in [-0.05, 0) is 31.5 Å². The monoisotopic (exact) mass is 342 g/mol. The number of halogens is 1. The number of nitrogens with zero attached hydrogens (tertiary/aromatic N) is 3. The first-order valence-electron chi connectivity index (χ1n) is 7.62. The molecule has 2 aromatic rings. The summed E-state index contributed by atoms with van der Waals surface area (Å²) in [6, 6.07) is 5.41. The van der Waals surface area contributed by atoms with Crippen molar-refractivity contribution in [2.45, 2.75) is 13.8 Å². The van der Waals surface area contributed by atoms with Gasteiger partial charge in [-0.3, -0.25) is 9.79 Å². The Labute approximate surface area is 143 Å². The Kier molecular flexibility index (Phi) is 3.42. The molecular formula is C17H15ClN4O2. The molecule has 4 rings (SSSR count). The Morgan fingerprint density at radius 3 is 3.04 bits per heavy atom. The lowest BCUT2D eigenvalue weighted by molar-refractivity contribution is 0.102. The molecule has 1 amide bonds. The number of hydrogen-bond donors (Lipinski definition) is 1. The Balaban J connectivity index is 1.75. The van der Waals surface area contributed by atoms with Crippen LogP contribution in [0.1, 0.15) is 27.2 Å². The minimum Gasteiger partial charge on any atom is -0.442 e. The summed E-state index contributed by atoms with van der Waals surface area (Å²) >= 11 is 6.13. The van der Waals surface area contributed by atoms with E-state index in [1.165, 1.54) is 0 Å². The smallest absolute Gasteiger partial charge is 0.260 e. The molecule has 0 spiro atoms. The van der Waals surface area contributed by atoms with Crippen molar-refractivity contribution in [2.24, 2.45) is 9.98 Å². The van der Waals surface area contributed by atoms with E-state index in [4.69, 9.17) is 16.0 Å². The van der Waals surface area contributed by atoms with Gasteiger partial charge in [0.2, 0.25) is 5.88 Å². The van der Waals surface area contributed by atoms with Gasteiger partial charge in [0, 0.05) is 17.3 Å². The summed E-state index contributed by atoms with van der Waals surface area (Å²) < 4.78 is 5.67. The molecule has 24 heavy (non-hydrogen) atoms. The molecule has 7 heteroatoms. The number of furan rings is 1. The van der Waals surface area contributed by atoms with Crippen molar-refractivity contribution in [2.75, 3.05) is 18.4 Å². The number of amidine groups is 1. The summed E-state index contributed by atoms with van der Waals surface area (Å²) in [4.78, 5) is 23.6. The summed E-state index contributed by atoms with van der Waals surface area (Å²) in [5.41, 5.74) is 2.61. The highest BCUT2D eigenvalue weighted by Crippen LogP contribution is 2.35. The lowest BCUT2D eigenvalue weighted by Crippen LogP contribution is -2.30. The number of anilines is 1. The zero-order valence-corrected chi connectivity index (χ0v) is 14.0. The number of hydrogen-bond acceptors (Lipinski definition) is 5. The van der Waals surface area contributed by atoms with Gasteiger partial charge in [-0.15, -0.1) is 0 Å². The number of carbonyl (C=O) groups is 1. The van der Waals surface area contributed by atoms with Crippen molar-refractivity contribution in [3.05, 3.63) is 45.7 Å². The van der Waals surface area contributed by atoms with E-state index < -0.39 is 0 Å². The fourth-order valence-corrected chi connectivity index (χ4v) is 3.12. The lowest BCUT2D eigenvalue weighted by atomic mass is 10.1. The number of aryl methyl sites for hydroxylation is 1. The minimum atomic E-state index is -0.255. The van der Waals surface area contributed by atoms with Gasteiger partial charge in [-0.2, -0.15) is 0 Å². The maximum absolute atomic E-state index is 12.9. The number of nitrogens with one attached hydrogen (secondary N) is 1. The van der Waals surface area contributed by atoms with Crippen molar-refractivity contribution in [3.8, 4) is 0 Å². The molecule has 2 aliphatic heterocycles. The molecule has 0 bridgehead atoms. The van der Waals surface area contributed by atoms with Crippen LogP contribution >= 0.6 is 11.6 Å². The lowest BCUT2D eigenvalue weighted by Gasteiger charge is -2.18. The van der Waals surface area contributed by atoms with E-state index >= 15 is 0 Å². The zero-order chi connectivity index (χ0) is 16.8. The first-order valence-corrected chi connectivity index (χ1v) is 7.99. The highest BCUT2D eigenvalue weighted by molar-refractivity contribution is 6.32. The third-order valence-corrected chi connectivity index (χ3v) is 4.63. The topological polar surface area (TPSA) is 70.2 Å². The molecule has 0 unspecified atom stereocenters. The van der Waals surface area contributed by atoms with E-state index in [0.29, 0.717) is 40.0 Å². The predicted octanol–water partition coefficient (Wildman–Crippen LogP) is 3.54. The van der Waals surface area contributed by atoms with E-state index in [2.05, 4.69) is 15.3 Å². The van der Waals surface area contributed by atoms with Crippen molar-refractivity contribution in [1.29, 1.82) is 0 Å². The minimum absolute atomic E-state index is 0.255. The zero-order valence-electron chi connectivity index (χ0n) is 13.3. The average Bonchev–Trinajstić information content (AvgIpc) is 3.14. The molecule has 0 saturated carbocycles. The van der Waals surface area contributed by atoms with Gasteiger partial charge in [-0.25, -0.2) is 4.99 Å². The Morgan fingerprint density at radius 1 is 1.38 bits per heavy atom. The quantitative estimate of drug-likeness (QED) is 0.907. The SMILES string of the molecule is Cc1oc2c(c1C(=O)Nc1cccc(Cl)c1C)C1=NCCN1C=N2. The first kappa shape index (κ1) is 15.0. The fourth-order valence-electron chi connectivity index (χ4n) is 2.95. The van der Waals surface area contributed by atoms with Crippen molar-refractivity contribution in [1.82, 2.24) is 4.90 Å². The van der Waals surface area contributed by atoms with Crippen LogP contribution in [0.4, 0.5) is 11.6 Å². The van der Waals surface area contributed by atoms with Crippen molar-refractivity contribution < 1.29 is 9.21 Å². The number of carbonyl (C=O) groups excluding carboxylic acids is 1. The molecule has 1 N–H and O–H groups in total. The largest absolute Gasteiger partial charge is 0.442 e. The summed E-state index contributed by atoms with van der Waals surface area (Å²) in [6.07, 6.45) is 1.69. The first-order chi connectivity index (χ1) is 11.6. The predicted molar refractivity (Wildman–Crippen MR) is 93.8 cm³/mol. The van der Waals surface area contributed by atoms with Gasteiger partial charge in [-0.1, -0.05) is 17.7 Å². The summed E-state index contributed by atoms with van der Waals surface area (Å²) in [6.45, 7) is 5.06. The number of aliphatic imine (C=N–C) groups is 2. The van der Waals surface area contributed by atoms with Crippen LogP contribution in [-0.2, 0) is 0 Å². The molecule has 0 aliphatic carbocycles. The highest BCUT2D eigenvalue weighted by atomic mass is 35.5. The van der Waals surface area contributed by atoms with Gasteiger partial charge in [0.15, 0.2) is 0 Å². The number of fused-ring (bicyclic) bond motifs is 3. The second-order valence-electron chi connectivity index (χ2n) is 5.72. The standard InChI is InChI=1S/C17H15ClN4O2/c1-9-11(18)4-3-5-12(9)21-16(23)13-10(2)24-17-14(13)15-19-6-7-22(15)8-20-17/h3-5,8H,6-7H2,1-2H3,(H,21,23). The summed E-state index contributed by atoms with van der Waals surface area (Å²) in [5, 5.41) is 3.52. The third kappa shape index (κ3) is 2.22. The van der Waals surface area contributed by atoms with Crippen LogP contribution in [0.15, 0.2) is 32.6 Å². The van der Waals surface area contributed by atoms with Gasteiger partial charge in [0.25, 0.3) is 5.91 Å². The van der Waals surface area contributed by atoms with Gasteiger partial charge >= 0.3 is 0 Å². The Morgan fingerprint density at radius 2 is 2.21 bits per heavy atom. The molecule has 0 fully saturated rings. The normalized spacial score (nSPS) is 15.1. The third-order valence-electron chi connectivity index (χ3n) is 4.22. The molecular weight excluding hydrogens is 328 g/mol. The van der Waals surface area contributed by atoms with E-state index in [1.54, 1.807) is 25.4 Å². The van der Waals surface area contributed by atoms with Crippen LogP contribution in [0.2, 0.25) is 5.02 Å². The average molecular weight is 343 g/mol. The van der Waals surface area contributed by atoms with Crippen LogP contribution in [0.5, 0.6) is 0 Å². The molecule has 2 aliphatic rings. The number of amides is 1. The molecule has 0 saturated heterocycles. The second-order valence-corrected chi connectivity index (χ2v) is 6.13. The van der Waals surface area contributed by atoms with Crippen LogP contribution in [0.3, 0.4) is 0 Å². The van der Waals surface area contributed by atoms with Gasteiger partial charge in [0.1, 0.15) is 17.9 Å². The van der Waals surface area contributed by atoms with Crippen LogP contribution in [-0.4, -0.2) is 36.1 Å². The second kappa shape index (κ2) is 5.49. The van der Waals surface area contributed by atoms with Crippen molar-refractivity contribution >= 4 is 41.3 Å². The van der Waals surface area contributed by atoms with Crippen LogP contribution in [0.25, 0.3) is 0 Å². The summed E-state index contributed by atoms with van der Waals surface area (Å²) in [5.74, 6) is 1.43.